The number of hydrogen-bond acceptors (Lipinski definition) is 4. The second kappa shape index (κ2) is 4.67. The van der Waals surface area contributed by atoms with Gasteiger partial charge in [0.1, 0.15) is 16.2 Å². The molecule has 0 spiro atoms. The van der Waals surface area contributed by atoms with Gasteiger partial charge < -0.3 is 10.6 Å². The first-order valence-electron chi connectivity index (χ1n) is 4.85. The van der Waals surface area contributed by atoms with Crippen LogP contribution >= 0.6 is 15.9 Å². The fraction of sp³-hybridized carbons (Fsp3) is 0.0909. The Hall–Kier alpha value is -1.69. The molecular weight excluding hydrogens is 287 g/mol. The quantitative estimate of drug-likeness (QED) is 0.866. The molecular formula is C11H10BrFN4. The molecule has 1 aromatic carbocycles. The second-order valence-corrected chi connectivity index (χ2v) is 4.26. The minimum Gasteiger partial charge on any atom is -0.383 e. The van der Waals surface area contributed by atoms with E-state index >= 15 is 0 Å². The summed E-state index contributed by atoms with van der Waals surface area (Å²) in [5.74, 6) is 0.538. The predicted molar refractivity (Wildman–Crippen MR) is 68.6 cm³/mol. The summed E-state index contributed by atoms with van der Waals surface area (Å²) in [5.41, 5.74) is 6.41. The Bertz CT molecular complexity index is 509. The van der Waals surface area contributed by atoms with Crippen LogP contribution in [0.3, 0.4) is 0 Å². The van der Waals surface area contributed by atoms with E-state index in [2.05, 4.69) is 25.9 Å². The molecule has 0 aliphatic heterocycles. The van der Waals surface area contributed by atoms with Crippen LogP contribution in [0.15, 0.2) is 34.9 Å². The van der Waals surface area contributed by atoms with E-state index in [-0.39, 0.29) is 5.82 Å². The van der Waals surface area contributed by atoms with Crippen molar-refractivity contribution >= 4 is 33.4 Å². The first-order chi connectivity index (χ1) is 8.06. The van der Waals surface area contributed by atoms with Crippen LogP contribution in [-0.4, -0.2) is 17.0 Å². The minimum absolute atomic E-state index is 0.281. The summed E-state index contributed by atoms with van der Waals surface area (Å²) in [6, 6.07) is 7.67. The summed E-state index contributed by atoms with van der Waals surface area (Å²) in [5, 5.41) is 0. The lowest BCUT2D eigenvalue weighted by atomic mass is 10.3. The van der Waals surface area contributed by atoms with Crippen LogP contribution in [0, 0.1) is 5.82 Å². The lowest BCUT2D eigenvalue weighted by Gasteiger charge is -2.17. The lowest BCUT2D eigenvalue weighted by molar-refractivity contribution is 0.628. The largest absolute Gasteiger partial charge is 0.383 e. The number of aromatic nitrogens is 2. The van der Waals surface area contributed by atoms with Gasteiger partial charge in [0.2, 0.25) is 5.95 Å². The molecule has 0 fully saturated rings. The number of anilines is 3. The molecule has 4 nitrogen and oxygen atoms in total. The van der Waals surface area contributed by atoms with Crippen LogP contribution in [0.25, 0.3) is 0 Å². The van der Waals surface area contributed by atoms with Crippen molar-refractivity contribution in [3.8, 4) is 0 Å². The maximum atomic E-state index is 12.8. The summed E-state index contributed by atoms with van der Waals surface area (Å²) in [6.45, 7) is 0. The summed E-state index contributed by atoms with van der Waals surface area (Å²) in [7, 11) is 1.79. The minimum atomic E-state index is -0.281. The predicted octanol–water partition coefficient (Wildman–Crippen LogP) is 2.73. The molecule has 17 heavy (non-hydrogen) atoms. The molecule has 88 valence electrons. The third-order valence-electron chi connectivity index (χ3n) is 2.22. The Morgan fingerprint density at radius 3 is 2.47 bits per heavy atom. The number of halogens is 2. The van der Waals surface area contributed by atoms with Gasteiger partial charge in [-0.15, -0.1) is 0 Å². The van der Waals surface area contributed by atoms with Crippen LogP contribution in [-0.2, 0) is 0 Å². The summed E-state index contributed by atoms with van der Waals surface area (Å²) in [4.78, 5) is 10.0. The van der Waals surface area contributed by atoms with Gasteiger partial charge in [-0.3, -0.25) is 0 Å². The molecule has 1 aromatic heterocycles. The smallest absolute Gasteiger partial charge is 0.232 e. The highest BCUT2D eigenvalue weighted by atomic mass is 79.9. The monoisotopic (exact) mass is 296 g/mol. The van der Waals surface area contributed by atoms with Gasteiger partial charge in [-0.1, -0.05) is 0 Å². The van der Waals surface area contributed by atoms with E-state index in [4.69, 9.17) is 5.73 Å². The standard InChI is InChI=1S/C11H10BrFN4/c1-17(8-4-2-7(13)3-5-8)11-15-9(12)6-10(14)16-11/h2-6H,1H3,(H2,14,15,16). The molecule has 2 N–H and O–H groups in total. The zero-order valence-electron chi connectivity index (χ0n) is 9.06. The number of nitrogens with zero attached hydrogens (tertiary/aromatic N) is 3. The normalized spacial score (nSPS) is 10.3. The first-order valence-corrected chi connectivity index (χ1v) is 5.65. The topological polar surface area (TPSA) is 55.0 Å². The van der Waals surface area contributed by atoms with E-state index in [1.165, 1.54) is 12.1 Å². The maximum absolute atomic E-state index is 12.8. The number of hydrogen-bond donors (Lipinski definition) is 1. The van der Waals surface area contributed by atoms with Crippen LogP contribution in [0.5, 0.6) is 0 Å². The van der Waals surface area contributed by atoms with Crippen LogP contribution < -0.4 is 10.6 Å². The number of nitrogen functional groups attached to an aromatic ring is 1. The highest BCUT2D eigenvalue weighted by Gasteiger charge is 2.08. The Morgan fingerprint density at radius 1 is 1.24 bits per heavy atom. The zero-order chi connectivity index (χ0) is 12.4. The fourth-order valence-electron chi connectivity index (χ4n) is 1.35. The molecule has 0 radical (unpaired) electrons. The molecule has 2 rings (SSSR count). The van der Waals surface area contributed by atoms with E-state index in [0.717, 1.165) is 5.69 Å². The van der Waals surface area contributed by atoms with Gasteiger partial charge in [0.05, 0.1) is 0 Å². The highest BCUT2D eigenvalue weighted by molar-refractivity contribution is 9.10. The molecule has 1 heterocycles. The van der Waals surface area contributed by atoms with Crippen molar-refractivity contribution in [2.75, 3.05) is 17.7 Å². The molecule has 0 aliphatic rings. The summed E-state index contributed by atoms with van der Waals surface area (Å²) < 4.78 is 13.4. The second-order valence-electron chi connectivity index (χ2n) is 3.45. The van der Waals surface area contributed by atoms with Crippen molar-refractivity contribution < 1.29 is 4.39 Å². The average Bonchev–Trinajstić information content (AvgIpc) is 2.28. The molecule has 0 aliphatic carbocycles. The zero-order valence-corrected chi connectivity index (χ0v) is 10.6. The van der Waals surface area contributed by atoms with Crippen LogP contribution in [0.1, 0.15) is 0 Å². The number of nitrogens with two attached hydrogens (primary N) is 1. The van der Waals surface area contributed by atoms with Gasteiger partial charge in [0, 0.05) is 18.8 Å². The van der Waals surface area contributed by atoms with Crippen molar-refractivity contribution in [1.29, 1.82) is 0 Å². The van der Waals surface area contributed by atoms with Gasteiger partial charge in [0.25, 0.3) is 0 Å². The van der Waals surface area contributed by atoms with Gasteiger partial charge in [-0.25, -0.2) is 9.37 Å². The lowest BCUT2D eigenvalue weighted by Crippen LogP contribution is -2.14. The Kier molecular flexibility index (Phi) is 3.23. The van der Waals surface area contributed by atoms with E-state index < -0.39 is 0 Å². The van der Waals surface area contributed by atoms with Gasteiger partial charge >= 0.3 is 0 Å². The van der Waals surface area contributed by atoms with Crippen molar-refractivity contribution in [1.82, 2.24) is 9.97 Å². The number of benzene rings is 1. The third kappa shape index (κ3) is 2.71. The fourth-order valence-corrected chi connectivity index (χ4v) is 1.75. The molecule has 0 atom stereocenters. The number of rotatable bonds is 2. The van der Waals surface area contributed by atoms with Crippen LogP contribution in [0.2, 0.25) is 0 Å². The van der Waals surface area contributed by atoms with Crippen molar-refractivity contribution in [3.05, 3.63) is 40.8 Å². The molecule has 0 bridgehead atoms. The SMILES string of the molecule is CN(c1ccc(F)cc1)c1nc(N)cc(Br)n1. The van der Waals surface area contributed by atoms with E-state index in [9.17, 15) is 4.39 Å². The summed E-state index contributed by atoms with van der Waals surface area (Å²) in [6.07, 6.45) is 0. The Labute approximate surface area is 106 Å². The first kappa shape index (κ1) is 11.8. The molecule has 0 saturated heterocycles. The van der Waals surface area contributed by atoms with E-state index in [1.54, 1.807) is 30.1 Å². The maximum Gasteiger partial charge on any atom is 0.232 e. The van der Waals surface area contributed by atoms with Crippen molar-refractivity contribution in [3.63, 3.8) is 0 Å². The van der Waals surface area contributed by atoms with Crippen LogP contribution in [0.4, 0.5) is 21.8 Å². The van der Waals surface area contributed by atoms with E-state index in [0.29, 0.717) is 16.4 Å². The molecule has 6 heteroatoms. The van der Waals surface area contributed by atoms with Crippen molar-refractivity contribution in [2.24, 2.45) is 0 Å². The van der Waals surface area contributed by atoms with E-state index in [1.807, 2.05) is 0 Å². The molecule has 2 aromatic rings. The van der Waals surface area contributed by atoms with Gasteiger partial charge in [0.15, 0.2) is 0 Å². The third-order valence-corrected chi connectivity index (χ3v) is 2.62. The van der Waals surface area contributed by atoms with Gasteiger partial charge in [-0.05, 0) is 40.2 Å². The molecule has 0 amide bonds. The van der Waals surface area contributed by atoms with Crippen molar-refractivity contribution in [2.45, 2.75) is 0 Å². The summed E-state index contributed by atoms with van der Waals surface area (Å²) >= 11 is 3.25. The highest BCUT2D eigenvalue weighted by Crippen LogP contribution is 2.22. The molecule has 0 unspecified atom stereocenters. The molecule has 0 saturated carbocycles. The Balaban J connectivity index is 2.36. The van der Waals surface area contributed by atoms with Gasteiger partial charge in [-0.2, -0.15) is 4.98 Å². The average molecular weight is 297 g/mol. The Morgan fingerprint density at radius 2 is 1.88 bits per heavy atom.